The molecular formula is C23H24ClF3N6O3. The number of amidine groups is 1. The zero-order valence-electron chi connectivity index (χ0n) is 19.7. The SMILES string of the molecule is CCN(C)/C(COCc1ccccc1)=N\N(C=O)c1cc2cnnc(Cl)c2c(OC(C)C(F)(F)F)n1. The minimum Gasteiger partial charge on any atom is -0.464 e. The topological polar surface area (TPSA) is 93.0 Å². The molecule has 0 N–H and O–H groups in total. The second kappa shape index (κ2) is 12.0. The van der Waals surface area contributed by atoms with Gasteiger partial charge in [0.25, 0.3) is 0 Å². The van der Waals surface area contributed by atoms with Crippen molar-refractivity contribution in [3.8, 4) is 5.88 Å². The Hall–Kier alpha value is -3.51. The van der Waals surface area contributed by atoms with Gasteiger partial charge in [-0.3, -0.25) is 4.79 Å². The largest absolute Gasteiger partial charge is 0.464 e. The summed E-state index contributed by atoms with van der Waals surface area (Å²) < 4.78 is 50.4. The average Bonchev–Trinajstić information content (AvgIpc) is 2.85. The summed E-state index contributed by atoms with van der Waals surface area (Å²) in [5.41, 5.74) is 0.956. The van der Waals surface area contributed by atoms with Gasteiger partial charge >= 0.3 is 6.18 Å². The Morgan fingerprint density at radius 1 is 1.28 bits per heavy atom. The Balaban J connectivity index is 1.96. The van der Waals surface area contributed by atoms with E-state index in [9.17, 15) is 18.0 Å². The van der Waals surface area contributed by atoms with Crippen molar-refractivity contribution in [2.75, 3.05) is 25.2 Å². The van der Waals surface area contributed by atoms with Crippen molar-refractivity contribution in [1.29, 1.82) is 0 Å². The number of likely N-dealkylation sites (N-methyl/N-ethyl adjacent to an activating group) is 1. The first kappa shape index (κ1) is 27.1. The molecule has 0 aliphatic carbocycles. The van der Waals surface area contributed by atoms with E-state index < -0.39 is 18.2 Å². The first-order valence-corrected chi connectivity index (χ1v) is 11.2. The standard InChI is InChI=1S/C23H24ClF3N6O3/c1-4-32(3)19(13-35-12-16-8-6-5-7-9-16)31-33(14-34)18-10-17-11-28-30-21(24)20(17)22(29-18)36-15(2)23(25,26)27/h5-11,14-15H,4,12-13H2,1-3H3/b31-19-. The number of hydrazone groups is 1. The Bertz CT molecular complexity index is 1210. The van der Waals surface area contributed by atoms with Crippen LogP contribution in [0.1, 0.15) is 19.4 Å². The van der Waals surface area contributed by atoms with Gasteiger partial charge in [-0.15, -0.1) is 10.2 Å². The second-order valence-electron chi connectivity index (χ2n) is 7.65. The molecule has 3 rings (SSSR count). The lowest BCUT2D eigenvalue weighted by Crippen LogP contribution is -2.34. The van der Waals surface area contributed by atoms with Crippen LogP contribution in [0.25, 0.3) is 10.8 Å². The van der Waals surface area contributed by atoms with E-state index in [1.54, 1.807) is 11.9 Å². The highest BCUT2D eigenvalue weighted by Gasteiger charge is 2.39. The summed E-state index contributed by atoms with van der Waals surface area (Å²) in [7, 11) is 1.76. The predicted octanol–water partition coefficient (Wildman–Crippen LogP) is 4.45. The number of hydrogen-bond donors (Lipinski definition) is 0. The molecule has 0 radical (unpaired) electrons. The molecule has 0 aliphatic heterocycles. The lowest BCUT2D eigenvalue weighted by atomic mass is 10.2. The van der Waals surface area contributed by atoms with Crippen LogP contribution in [0.15, 0.2) is 47.7 Å². The number of alkyl halides is 3. The van der Waals surface area contributed by atoms with E-state index in [4.69, 9.17) is 21.1 Å². The van der Waals surface area contributed by atoms with Gasteiger partial charge in [0.05, 0.1) is 18.2 Å². The second-order valence-corrected chi connectivity index (χ2v) is 8.00. The number of carbonyl (C=O) groups is 1. The highest BCUT2D eigenvalue weighted by Crippen LogP contribution is 2.34. The molecule has 0 bridgehead atoms. The molecule has 1 unspecified atom stereocenters. The summed E-state index contributed by atoms with van der Waals surface area (Å²) in [4.78, 5) is 17.9. The molecule has 1 aromatic carbocycles. The van der Waals surface area contributed by atoms with Crippen LogP contribution >= 0.6 is 11.6 Å². The van der Waals surface area contributed by atoms with E-state index >= 15 is 0 Å². The number of benzene rings is 1. The molecule has 0 spiro atoms. The molecule has 1 atom stereocenters. The van der Waals surface area contributed by atoms with Crippen molar-refractivity contribution in [1.82, 2.24) is 20.1 Å². The molecule has 13 heteroatoms. The zero-order chi connectivity index (χ0) is 26.3. The van der Waals surface area contributed by atoms with Crippen LogP contribution in [0.2, 0.25) is 5.15 Å². The van der Waals surface area contributed by atoms with Crippen LogP contribution in [0, 0.1) is 0 Å². The van der Waals surface area contributed by atoms with E-state index in [1.807, 2.05) is 37.3 Å². The molecule has 1 amide bonds. The van der Waals surface area contributed by atoms with E-state index in [2.05, 4.69) is 20.3 Å². The van der Waals surface area contributed by atoms with Crippen molar-refractivity contribution in [2.45, 2.75) is 32.7 Å². The monoisotopic (exact) mass is 524 g/mol. The van der Waals surface area contributed by atoms with Gasteiger partial charge in [0.2, 0.25) is 12.3 Å². The number of amides is 1. The van der Waals surface area contributed by atoms with Gasteiger partial charge in [-0.05, 0) is 25.5 Å². The van der Waals surface area contributed by atoms with Gasteiger partial charge in [-0.2, -0.15) is 28.3 Å². The van der Waals surface area contributed by atoms with Crippen LogP contribution in [0.5, 0.6) is 5.88 Å². The summed E-state index contributed by atoms with van der Waals surface area (Å²) in [6.07, 6.45) is -5.21. The molecule has 36 heavy (non-hydrogen) atoms. The molecule has 192 valence electrons. The summed E-state index contributed by atoms with van der Waals surface area (Å²) in [6.45, 7) is 3.64. The molecule has 0 saturated heterocycles. The van der Waals surface area contributed by atoms with Crippen LogP contribution < -0.4 is 9.75 Å². The third kappa shape index (κ3) is 6.79. The van der Waals surface area contributed by atoms with Crippen LogP contribution in [0.3, 0.4) is 0 Å². The molecular weight excluding hydrogens is 501 g/mol. The van der Waals surface area contributed by atoms with E-state index in [0.29, 0.717) is 25.4 Å². The number of pyridine rings is 1. The maximum Gasteiger partial charge on any atom is 0.425 e. The molecule has 2 aromatic heterocycles. The number of anilines is 1. The fourth-order valence-corrected chi connectivity index (χ4v) is 3.18. The normalized spacial score (nSPS) is 12.9. The Labute approximate surface area is 210 Å². The number of hydrogen-bond acceptors (Lipinski definition) is 7. The quantitative estimate of drug-likeness (QED) is 0.167. The maximum absolute atomic E-state index is 13.2. The van der Waals surface area contributed by atoms with E-state index in [-0.39, 0.29) is 28.4 Å². The molecule has 3 aromatic rings. The summed E-state index contributed by atoms with van der Waals surface area (Å²) in [5, 5.41) is 12.7. The third-order valence-electron chi connectivity index (χ3n) is 5.12. The smallest absolute Gasteiger partial charge is 0.425 e. The van der Waals surface area contributed by atoms with Crippen molar-refractivity contribution < 1.29 is 27.4 Å². The Morgan fingerprint density at radius 2 is 2.00 bits per heavy atom. The van der Waals surface area contributed by atoms with Crippen LogP contribution in [-0.4, -0.2) is 64.8 Å². The minimum atomic E-state index is -4.66. The number of rotatable bonds is 10. The van der Waals surface area contributed by atoms with Crippen LogP contribution in [-0.2, 0) is 16.1 Å². The number of nitrogens with zero attached hydrogens (tertiary/aromatic N) is 6. The maximum atomic E-state index is 13.2. The predicted molar refractivity (Wildman–Crippen MR) is 129 cm³/mol. The van der Waals surface area contributed by atoms with Crippen molar-refractivity contribution in [3.63, 3.8) is 0 Å². The van der Waals surface area contributed by atoms with Gasteiger partial charge in [0.15, 0.2) is 22.9 Å². The highest BCUT2D eigenvalue weighted by atomic mass is 35.5. The van der Waals surface area contributed by atoms with Gasteiger partial charge in [0, 0.05) is 19.0 Å². The number of halogens is 4. The lowest BCUT2D eigenvalue weighted by molar-refractivity contribution is -0.189. The number of ether oxygens (including phenoxy) is 2. The third-order valence-corrected chi connectivity index (χ3v) is 5.38. The Morgan fingerprint density at radius 3 is 2.64 bits per heavy atom. The van der Waals surface area contributed by atoms with Crippen molar-refractivity contribution in [3.05, 3.63) is 53.3 Å². The first-order valence-electron chi connectivity index (χ1n) is 10.8. The fraction of sp³-hybridized carbons (Fsp3) is 0.348. The van der Waals surface area contributed by atoms with Gasteiger partial charge in [-0.25, -0.2) is 0 Å². The number of fused-ring (bicyclic) bond motifs is 1. The average molecular weight is 525 g/mol. The summed E-state index contributed by atoms with van der Waals surface area (Å²) in [5.74, 6) is -0.171. The van der Waals surface area contributed by atoms with E-state index in [0.717, 1.165) is 17.5 Å². The molecule has 0 aliphatic rings. The molecule has 0 fully saturated rings. The van der Waals surface area contributed by atoms with E-state index in [1.165, 1.54) is 12.3 Å². The zero-order valence-corrected chi connectivity index (χ0v) is 20.5. The first-order chi connectivity index (χ1) is 17.1. The van der Waals surface area contributed by atoms with Crippen molar-refractivity contribution in [2.24, 2.45) is 5.10 Å². The van der Waals surface area contributed by atoms with Crippen LogP contribution in [0.4, 0.5) is 19.0 Å². The summed E-state index contributed by atoms with van der Waals surface area (Å²) in [6, 6.07) is 10.9. The number of aromatic nitrogens is 3. The lowest BCUT2D eigenvalue weighted by Gasteiger charge is -2.23. The highest BCUT2D eigenvalue weighted by molar-refractivity contribution is 6.34. The molecule has 2 heterocycles. The van der Waals surface area contributed by atoms with Gasteiger partial charge < -0.3 is 14.4 Å². The number of carbonyl (C=O) groups excluding carboxylic acids is 1. The minimum absolute atomic E-state index is 0.0263. The molecule has 0 saturated carbocycles. The van der Waals surface area contributed by atoms with Crippen molar-refractivity contribution >= 4 is 40.4 Å². The van der Waals surface area contributed by atoms with Gasteiger partial charge in [-0.1, -0.05) is 41.9 Å². The molecule has 9 nitrogen and oxygen atoms in total. The Kier molecular flexibility index (Phi) is 8.99. The van der Waals surface area contributed by atoms with Gasteiger partial charge in [0.1, 0.15) is 6.61 Å². The fourth-order valence-electron chi connectivity index (χ4n) is 2.95. The summed E-state index contributed by atoms with van der Waals surface area (Å²) >= 11 is 6.07.